The van der Waals surface area contributed by atoms with Crippen LogP contribution in [0.25, 0.3) is 0 Å². The molecule has 2 N–H and O–H groups in total. The zero-order valence-corrected chi connectivity index (χ0v) is 20.3. The van der Waals surface area contributed by atoms with Crippen LogP contribution in [0.5, 0.6) is 0 Å². The molecule has 0 radical (unpaired) electrons. The first-order valence-corrected chi connectivity index (χ1v) is 12.2. The van der Waals surface area contributed by atoms with Crippen molar-refractivity contribution in [2.45, 2.75) is 56.4 Å². The monoisotopic (exact) mass is 490 g/mol. The van der Waals surface area contributed by atoms with E-state index in [2.05, 4.69) is 6.58 Å². The third-order valence-corrected chi connectivity index (χ3v) is 6.24. The van der Waals surface area contributed by atoms with Crippen molar-refractivity contribution >= 4 is 0 Å². The number of rotatable bonds is 12. The number of hydrogen-bond acceptors (Lipinski definition) is 6. The molecule has 0 spiro atoms. The van der Waals surface area contributed by atoms with Crippen molar-refractivity contribution in [2.24, 2.45) is 0 Å². The molecule has 1 saturated heterocycles. The summed E-state index contributed by atoms with van der Waals surface area (Å²) in [5.41, 5.74) is 3.00. The van der Waals surface area contributed by atoms with Crippen LogP contribution < -0.4 is 0 Å². The first kappa shape index (κ1) is 26.2. The van der Waals surface area contributed by atoms with E-state index in [-0.39, 0.29) is 13.2 Å². The minimum absolute atomic E-state index is 0.201. The Morgan fingerprint density at radius 3 is 1.72 bits per heavy atom. The molecular weight excluding hydrogens is 456 g/mol. The van der Waals surface area contributed by atoms with Gasteiger partial charge >= 0.3 is 0 Å². The Bertz CT molecular complexity index is 1030. The van der Waals surface area contributed by atoms with Gasteiger partial charge in [-0.05, 0) is 16.7 Å². The van der Waals surface area contributed by atoms with Crippen LogP contribution in [0.3, 0.4) is 0 Å². The highest BCUT2D eigenvalue weighted by atomic mass is 16.6. The Morgan fingerprint density at radius 1 is 0.750 bits per heavy atom. The van der Waals surface area contributed by atoms with E-state index < -0.39 is 36.6 Å². The van der Waals surface area contributed by atoms with Gasteiger partial charge in [0.15, 0.2) is 0 Å². The lowest BCUT2D eigenvalue weighted by Gasteiger charge is -2.45. The van der Waals surface area contributed by atoms with Gasteiger partial charge in [-0.1, -0.05) is 97.1 Å². The Kier molecular flexibility index (Phi) is 9.81. The Hall–Kier alpha value is -2.84. The fourth-order valence-corrected chi connectivity index (χ4v) is 4.30. The maximum absolute atomic E-state index is 11.2. The second-order valence-corrected chi connectivity index (χ2v) is 8.88. The number of aliphatic hydroxyl groups is 2. The van der Waals surface area contributed by atoms with Gasteiger partial charge in [0, 0.05) is 0 Å². The first-order valence-electron chi connectivity index (χ1n) is 12.2. The molecule has 6 heteroatoms. The number of ether oxygens (including phenoxy) is 4. The predicted octanol–water partition coefficient (Wildman–Crippen LogP) is 4.05. The normalized spacial score (nSPS) is 24.8. The van der Waals surface area contributed by atoms with E-state index in [0.29, 0.717) is 13.2 Å². The zero-order valence-electron chi connectivity index (χ0n) is 20.3. The van der Waals surface area contributed by atoms with Crippen molar-refractivity contribution in [3.05, 3.63) is 120 Å². The summed E-state index contributed by atoms with van der Waals surface area (Å²) in [6.07, 6.45) is -3.75. The summed E-state index contributed by atoms with van der Waals surface area (Å²) >= 11 is 0. The summed E-state index contributed by atoms with van der Waals surface area (Å²) in [6.45, 7) is 4.87. The highest BCUT2D eigenvalue weighted by Crippen LogP contribution is 2.30. The van der Waals surface area contributed by atoms with Gasteiger partial charge in [-0.25, -0.2) is 0 Å². The molecular formula is C30H34O6. The summed E-state index contributed by atoms with van der Waals surface area (Å²) in [5, 5.41) is 21.7. The SMILES string of the molecule is C=CC(O)[C@@H]1O[C@H](COCc2ccccc2)[C@@H](OCc2ccccc2)[C@H](OCc2ccccc2)[C@H]1O. The summed E-state index contributed by atoms with van der Waals surface area (Å²) in [4.78, 5) is 0. The van der Waals surface area contributed by atoms with Crippen LogP contribution in [0.15, 0.2) is 104 Å². The van der Waals surface area contributed by atoms with Crippen LogP contribution in [0.2, 0.25) is 0 Å². The minimum atomic E-state index is -1.13. The molecule has 0 aliphatic carbocycles. The highest BCUT2D eigenvalue weighted by Gasteiger charge is 2.48. The van der Waals surface area contributed by atoms with E-state index >= 15 is 0 Å². The number of aliphatic hydroxyl groups excluding tert-OH is 2. The molecule has 1 aliphatic heterocycles. The van der Waals surface area contributed by atoms with Crippen LogP contribution in [0.1, 0.15) is 16.7 Å². The van der Waals surface area contributed by atoms with Gasteiger partial charge in [-0.2, -0.15) is 0 Å². The molecule has 0 saturated carbocycles. The van der Waals surface area contributed by atoms with Gasteiger partial charge in [-0.15, -0.1) is 6.58 Å². The molecule has 36 heavy (non-hydrogen) atoms. The molecule has 1 fully saturated rings. The van der Waals surface area contributed by atoms with Crippen LogP contribution in [0, 0.1) is 0 Å². The van der Waals surface area contributed by atoms with Crippen molar-refractivity contribution in [2.75, 3.05) is 6.61 Å². The molecule has 190 valence electrons. The molecule has 1 aliphatic rings. The topological polar surface area (TPSA) is 77.4 Å². The third kappa shape index (κ3) is 7.11. The molecule has 0 bridgehead atoms. The van der Waals surface area contributed by atoms with E-state index in [4.69, 9.17) is 18.9 Å². The van der Waals surface area contributed by atoms with Gasteiger partial charge in [0.05, 0.1) is 26.4 Å². The Labute approximate surface area is 212 Å². The van der Waals surface area contributed by atoms with Gasteiger partial charge in [0.25, 0.3) is 0 Å². The fourth-order valence-electron chi connectivity index (χ4n) is 4.30. The molecule has 0 aromatic heterocycles. The van der Waals surface area contributed by atoms with Gasteiger partial charge in [0.2, 0.25) is 0 Å². The summed E-state index contributed by atoms with van der Waals surface area (Å²) in [7, 11) is 0. The van der Waals surface area contributed by atoms with Crippen molar-refractivity contribution in [1.82, 2.24) is 0 Å². The number of benzene rings is 3. The average Bonchev–Trinajstić information content (AvgIpc) is 2.93. The van der Waals surface area contributed by atoms with Crippen LogP contribution >= 0.6 is 0 Å². The lowest BCUT2D eigenvalue weighted by molar-refractivity contribution is -0.272. The third-order valence-electron chi connectivity index (χ3n) is 6.24. The quantitative estimate of drug-likeness (QED) is 0.373. The van der Waals surface area contributed by atoms with Crippen molar-refractivity contribution in [1.29, 1.82) is 0 Å². The fraction of sp³-hybridized carbons (Fsp3) is 0.333. The van der Waals surface area contributed by atoms with Crippen molar-refractivity contribution < 1.29 is 29.2 Å². The minimum Gasteiger partial charge on any atom is -0.387 e. The van der Waals surface area contributed by atoms with E-state index in [0.717, 1.165) is 16.7 Å². The van der Waals surface area contributed by atoms with E-state index in [1.807, 2.05) is 91.0 Å². The molecule has 3 aromatic carbocycles. The molecule has 0 amide bonds. The smallest absolute Gasteiger partial charge is 0.116 e. The summed E-state index contributed by atoms with van der Waals surface area (Å²) in [5.74, 6) is 0. The molecule has 1 unspecified atom stereocenters. The highest BCUT2D eigenvalue weighted by molar-refractivity contribution is 5.15. The molecule has 6 nitrogen and oxygen atoms in total. The molecule has 4 rings (SSSR count). The first-order chi connectivity index (χ1) is 17.7. The summed E-state index contributed by atoms with van der Waals surface area (Å²) in [6, 6.07) is 29.4. The largest absolute Gasteiger partial charge is 0.387 e. The molecule has 6 atom stereocenters. The second kappa shape index (κ2) is 13.5. The van der Waals surface area contributed by atoms with Crippen molar-refractivity contribution in [3.63, 3.8) is 0 Å². The lowest BCUT2D eigenvalue weighted by Crippen LogP contribution is -2.62. The summed E-state index contributed by atoms with van der Waals surface area (Å²) < 4.78 is 24.7. The Balaban J connectivity index is 1.53. The van der Waals surface area contributed by atoms with Gasteiger partial charge in [-0.3, -0.25) is 0 Å². The predicted molar refractivity (Wildman–Crippen MR) is 137 cm³/mol. The zero-order chi connectivity index (χ0) is 25.2. The molecule has 1 heterocycles. The average molecular weight is 491 g/mol. The van der Waals surface area contributed by atoms with Gasteiger partial charge in [0.1, 0.15) is 36.6 Å². The Morgan fingerprint density at radius 2 is 1.22 bits per heavy atom. The number of hydrogen-bond donors (Lipinski definition) is 2. The second-order valence-electron chi connectivity index (χ2n) is 8.88. The van der Waals surface area contributed by atoms with Crippen LogP contribution in [0.4, 0.5) is 0 Å². The van der Waals surface area contributed by atoms with Crippen LogP contribution in [-0.2, 0) is 38.8 Å². The maximum Gasteiger partial charge on any atom is 0.116 e. The van der Waals surface area contributed by atoms with E-state index in [1.54, 1.807) is 0 Å². The standard InChI is InChI=1S/C30H34O6/c1-2-25(31)28-27(32)30(35-20-24-16-10-5-11-17-24)29(34-19-23-14-8-4-9-15-23)26(36-28)21-33-18-22-12-6-3-7-13-22/h2-17,25-32H,1,18-21H2/t25?,26-,27+,28+,29-,30-/m1/s1. The van der Waals surface area contributed by atoms with Crippen LogP contribution in [-0.4, -0.2) is 53.4 Å². The van der Waals surface area contributed by atoms with Gasteiger partial charge < -0.3 is 29.2 Å². The maximum atomic E-state index is 11.2. The van der Waals surface area contributed by atoms with E-state index in [1.165, 1.54) is 6.08 Å². The molecule has 3 aromatic rings. The van der Waals surface area contributed by atoms with E-state index in [9.17, 15) is 10.2 Å². The lowest BCUT2D eigenvalue weighted by atomic mass is 9.91. The van der Waals surface area contributed by atoms with Crippen molar-refractivity contribution in [3.8, 4) is 0 Å².